The van der Waals surface area contributed by atoms with Crippen LogP contribution in [-0.2, 0) is 0 Å². The van der Waals surface area contributed by atoms with Crippen molar-refractivity contribution in [2.75, 3.05) is 33.2 Å². The molecule has 1 fully saturated rings. The second kappa shape index (κ2) is 4.04. The normalized spacial score (nSPS) is 23.2. The lowest BCUT2D eigenvalue weighted by molar-refractivity contribution is 0.0388. The Morgan fingerprint density at radius 1 is 1.18 bits per heavy atom. The molecule has 1 heterocycles. The summed E-state index contributed by atoms with van der Waals surface area (Å²) in [6.45, 7) is 9.02. The van der Waals surface area contributed by atoms with E-state index in [4.69, 9.17) is 0 Å². The first-order chi connectivity index (χ1) is 5.31. The summed E-state index contributed by atoms with van der Waals surface area (Å²) < 4.78 is 0. The number of likely N-dealkylation sites (N-methyl/N-ethyl adjacent to an activating group) is 3. The maximum atomic E-state index is 3.31. The Labute approximate surface area is 69.3 Å². The average molecular weight is 157 g/mol. The molecule has 0 bridgehead atoms. The van der Waals surface area contributed by atoms with Crippen LogP contribution >= 0.6 is 0 Å². The lowest BCUT2D eigenvalue weighted by Gasteiger charge is -2.24. The van der Waals surface area contributed by atoms with Crippen molar-refractivity contribution in [1.82, 2.24) is 15.3 Å². The van der Waals surface area contributed by atoms with Gasteiger partial charge < -0.3 is 5.32 Å². The standard InChI is InChI=1S/C8H19N3/c1-4-10-6-8(9-3)7-11(10)5-2/h8-9H,4-7H2,1-3H3. The third-order valence-electron chi connectivity index (χ3n) is 2.40. The molecule has 1 aliphatic heterocycles. The number of hydrogen-bond donors (Lipinski definition) is 1. The quantitative estimate of drug-likeness (QED) is 0.629. The minimum atomic E-state index is 0.662. The maximum Gasteiger partial charge on any atom is 0.0348 e. The van der Waals surface area contributed by atoms with Crippen LogP contribution < -0.4 is 5.32 Å². The van der Waals surface area contributed by atoms with Crippen molar-refractivity contribution in [2.45, 2.75) is 19.9 Å². The Bertz CT molecular complexity index is 104. The fourth-order valence-corrected chi connectivity index (χ4v) is 1.64. The van der Waals surface area contributed by atoms with Crippen molar-refractivity contribution < 1.29 is 0 Å². The van der Waals surface area contributed by atoms with E-state index in [0.717, 1.165) is 13.1 Å². The summed E-state index contributed by atoms with van der Waals surface area (Å²) in [5.41, 5.74) is 0. The summed E-state index contributed by atoms with van der Waals surface area (Å²) in [4.78, 5) is 0. The van der Waals surface area contributed by atoms with Gasteiger partial charge in [0.25, 0.3) is 0 Å². The number of nitrogens with one attached hydrogen (secondary N) is 1. The smallest absolute Gasteiger partial charge is 0.0348 e. The highest BCUT2D eigenvalue weighted by atomic mass is 15.6. The van der Waals surface area contributed by atoms with E-state index in [1.807, 2.05) is 7.05 Å². The molecule has 3 nitrogen and oxygen atoms in total. The molecule has 0 saturated carbocycles. The van der Waals surface area contributed by atoms with Crippen LogP contribution in [0, 0.1) is 0 Å². The topological polar surface area (TPSA) is 18.5 Å². The van der Waals surface area contributed by atoms with Gasteiger partial charge in [0.1, 0.15) is 0 Å². The molecule has 1 N–H and O–H groups in total. The number of hydrogen-bond acceptors (Lipinski definition) is 3. The Balaban J connectivity index is 2.41. The molecular formula is C8H19N3. The Morgan fingerprint density at radius 3 is 1.91 bits per heavy atom. The molecule has 1 rings (SSSR count). The first kappa shape index (κ1) is 8.97. The fraction of sp³-hybridized carbons (Fsp3) is 1.00. The van der Waals surface area contributed by atoms with Gasteiger partial charge >= 0.3 is 0 Å². The van der Waals surface area contributed by atoms with Crippen molar-refractivity contribution in [3.05, 3.63) is 0 Å². The molecule has 0 unspecified atom stereocenters. The van der Waals surface area contributed by atoms with Crippen LogP contribution in [0.3, 0.4) is 0 Å². The van der Waals surface area contributed by atoms with Gasteiger partial charge in [-0.15, -0.1) is 0 Å². The van der Waals surface area contributed by atoms with Crippen LogP contribution in [0.1, 0.15) is 13.8 Å². The van der Waals surface area contributed by atoms with Crippen molar-refractivity contribution >= 4 is 0 Å². The highest BCUT2D eigenvalue weighted by Gasteiger charge is 2.25. The molecule has 11 heavy (non-hydrogen) atoms. The van der Waals surface area contributed by atoms with E-state index in [1.54, 1.807) is 0 Å². The van der Waals surface area contributed by atoms with Crippen LogP contribution in [0.25, 0.3) is 0 Å². The van der Waals surface area contributed by atoms with Gasteiger partial charge in [-0.1, -0.05) is 13.8 Å². The monoisotopic (exact) mass is 157 g/mol. The third kappa shape index (κ3) is 1.92. The van der Waals surface area contributed by atoms with E-state index in [0.29, 0.717) is 6.04 Å². The van der Waals surface area contributed by atoms with Crippen molar-refractivity contribution in [2.24, 2.45) is 0 Å². The van der Waals surface area contributed by atoms with Crippen LogP contribution in [-0.4, -0.2) is 49.3 Å². The number of nitrogens with zero attached hydrogens (tertiary/aromatic N) is 2. The van der Waals surface area contributed by atoms with Crippen LogP contribution in [0.5, 0.6) is 0 Å². The molecule has 0 atom stereocenters. The lowest BCUT2D eigenvalue weighted by atomic mass is 10.3. The summed E-state index contributed by atoms with van der Waals surface area (Å²) >= 11 is 0. The first-order valence-corrected chi connectivity index (χ1v) is 4.48. The molecule has 66 valence electrons. The van der Waals surface area contributed by atoms with E-state index < -0.39 is 0 Å². The lowest BCUT2D eigenvalue weighted by Crippen LogP contribution is -2.35. The zero-order valence-electron chi connectivity index (χ0n) is 7.80. The van der Waals surface area contributed by atoms with Crippen LogP contribution in [0.15, 0.2) is 0 Å². The summed E-state index contributed by atoms with van der Waals surface area (Å²) in [7, 11) is 2.04. The van der Waals surface area contributed by atoms with E-state index in [9.17, 15) is 0 Å². The zero-order valence-corrected chi connectivity index (χ0v) is 7.80. The van der Waals surface area contributed by atoms with Gasteiger partial charge in [0, 0.05) is 32.2 Å². The molecule has 0 spiro atoms. The summed E-state index contributed by atoms with van der Waals surface area (Å²) in [6, 6.07) is 0.662. The Kier molecular flexibility index (Phi) is 3.30. The fourth-order valence-electron chi connectivity index (χ4n) is 1.64. The molecule has 1 aliphatic rings. The molecular weight excluding hydrogens is 138 g/mol. The summed E-state index contributed by atoms with van der Waals surface area (Å²) in [6.07, 6.45) is 0. The Hall–Kier alpha value is -0.120. The van der Waals surface area contributed by atoms with Gasteiger partial charge in [0.15, 0.2) is 0 Å². The second-order valence-corrected chi connectivity index (χ2v) is 3.00. The van der Waals surface area contributed by atoms with Crippen molar-refractivity contribution in [1.29, 1.82) is 0 Å². The van der Waals surface area contributed by atoms with Gasteiger partial charge in [0.05, 0.1) is 0 Å². The average Bonchev–Trinajstić information content (AvgIpc) is 2.46. The van der Waals surface area contributed by atoms with Gasteiger partial charge in [-0.3, -0.25) is 0 Å². The zero-order chi connectivity index (χ0) is 8.27. The highest BCUT2D eigenvalue weighted by molar-refractivity contribution is 4.79. The maximum absolute atomic E-state index is 3.31. The predicted octanol–water partition coefficient (Wildman–Crippen LogP) is 0.147. The highest BCUT2D eigenvalue weighted by Crippen LogP contribution is 2.08. The molecule has 0 amide bonds. The molecule has 1 saturated heterocycles. The third-order valence-corrected chi connectivity index (χ3v) is 2.40. The van der Waals surface area contributed by atoms with Gasteiger partial charge in [-0.05, 0) is 7.05 Å². The number of hydrazine groups is 1. The van der Waals surface area contributed by atoms with Gasteiger partial charge in [-0.25, -0.2) is 10.0 Å². The first-order valence-electron chi connectivity index (χ1n) is 4.48. The molecule has 0 aliphatic carbocycles. The SMILES string of the molecule is CCN1CC(NC)CN1CC. The summed E-state index contributed by atoms with van der Waals surface area (Å²) in [5, 5.41) is 8.12. The molecule has 0 aromatic heterocycles. The number of rotatable bonds is 3. The van der Waals surface area contributed by atoms with E-state index in [2.05, 4.69) is 29.2 Å². The minimum absolute atomic E-state index is 0.662. The molecule has 0 aromatic rings. The summed E-state index contributed by atoms with van der Waals surface area (Å²) in [5.74, 6) is 0. The Morgan fingerprint density at radius 2 is 1.64 bits per heavy atom. The molecule has 0 radical (unpaired) electrons. The van der Waals surface area contributed by atoms with E-state index in [1.165, 1.54) is 13.1 Å². The van der Waals surface area contributed by atoms with Crippen molar-refractivity contribution in [3.63, 3.8) is 0 Å². The minimum Gasteiger partial charge on any atom is -0.314 e. The van der Waals surface area contributed by atoms with E-state index >= 15 is 0 Å². The van der Waals surface area contributed by atoms with Gasteiger partial charge in [0.2, 0.25) is 0 Å². The largest absolute Gasteiger partial charge is 0.314 e. The second-order valence-electron chi connectivity index (χ2n) is 3.00. The van der Waals surface area contributed by atoms with Crippen LogP contribution in [0.4, 0.5) is 0 Å². The van der Waals surface area contributed by atoms with Crippen molar-refractivity contribution in [3.8, 4) is 0 Å². The van der Waals surface area contributed by atoms with Gasteiger partial charge in [-0.2, -0.15) is 0 Å². The predicted molar refractivity (Wildman–Crippen MR) is 47.3 cm³/mol. The molecule has 0 aromatic carbocycles. The van der Waals surface area contributed by atoms with Crippen LogP contribution in [0.2, 0.25) is 0 Å². The molecule has 3 heteroatoms. The van der Waals surface area contributed by atoms with E-state index in [-0.39, 0.29) is 0 Å².